The van der Waals surface area contributed by atoms with Crippen LogP contribution in [-0.4, -0.2) is 42.6 Å². The van der Waals surface area contributed by atoms with Crippen LogP contribution in [0.2, 0.25) is 0 Å². The summed E-state index contributed by atoms with van der Waals surface area (Å²) in [6.45, 7) is 0.786. The van der Waals surface area contributed by atoms with E-state index in [0.29, 0.717) is 24.3 Å². The zero-order valence-corrected chi connectivity index (χ0v) is 19.8. The molecule has 2 aromatic carbocycles. The summed E-state index contributed by atoms with van der Waals surface area (Å²) in [5, 5.41) is 7.78. The van der Waals surface area contributed by atoms with Gasteiger partial charge in [-0.2, -0.15) is 4.98 Å². The van der Waals surface area contributed by atoms with E-state index >= 15 is 0 Å². The van der Waals surface area contributed by atoms with Gasteiger partial charge in [0.05, 0.1) is 5.52 Å². The Morgan fingerprint density at radius 1 is 0.970 bits per heavy atom. The molecule has 0 unspecified atom stereocenters. The van der Waals surface area contributed by atoms with Gasteiger partial charge in [-0.3, -0.25) is 4.79 Å². The fraction of sp³-hybridized carbons (Fsp3) is 0.444. The molecule has 0 saturated heterocycles. The third-order valence-electron chi connectivity index (χ3n) is 6.49. The molecule has 1 saturated carbocycles. The van der Waals surface area contributed by atoms with Gasteiger partial charge in [0.25, 0.3) is 0 Å². The number of fused-ring (bicyclic) bond motifs is 1. The van der Waals surface area contributed by atoms with Crippen LogP contribution in [0, 0.1) is 5.92 Å². The summed E-state index contributed by atoms with van der Waals surface area (Å²) >= 11 is 0. The van der Waals surface area contributed by atoms with Crippen LogP contribution in [0.15, 0.2) is 54.6 Å². The van der Waals surface area contributed by atoms with E-state index in [1.165, 1.54) is 5.56 Å². The van der Waals surface area contributed by atoms with Crippen molar-refractivity contribution in [2.75, 3.05) is 30.9 Å². The van der Waals surface area contributed by atoms with Crippen molar-refractivity contribution in [1.29, 1.82) is 0 Å². The highest BCUT2D eigenvalue weighted by Gasteiger charge is 2.22. The molecule has 174 valence electrons. The van der Waals surface area contributed by atoms with Gasteiger partial charge in [-0.25, -0.2) is 4.98 Å². The first-order valence-electron chi connectivity index (χ1n) is 12.1. The molecule has 3 aromatic rings. The number of rotatable bonds is 9. The Labute approximate surface area is 196 Å². The minimum absolute atomic E-state index is 0.173. The molecule has 33 heavy (non-hydrogen) atoms. The molecule has 0 spiro atoms. The molecule has 4 rings (SSSR count). The van der Waals surface area contributed by atoms with Gasteiger partial charge in [-0.15, -0.1) is 0 Å². The van der Waals surface area contributed by atoms with Gasteiger partial charge in [0, 0.05) is 38.5 Å². The summed E-state index contributed by atoms with van der Waals surface area (Å²) in [6, 6.07) is 18.9. The fourth-order valence-electron chi connectivity index (χ4n) is 4.60. The van der Waals surface area contributed by atoms with E-state index in [1.54, 1.807) is 0 Å². The molecule has 1 amide bonds. The van der Waals surface area contributed by atoms with Crippen LogP contribution < -0.4 is 15.5 Å². The van der Waals surface area contributed by atoms with Crippen LogP contribution in [0.3, 0.4) is 0 Å². The Bertz CT molecular complexity index is 1040. The standard InChI is InChI=1S/C27H35N5O/c1-32(2)26-23-12-6-7-13-24(23)30-27(31-26)29-22-17-15-21(16-18-22)19-28-25(33)14-8-11-20-9-4-3-5-10-20/h3-7,9-10,12-13,21-22H,8,11,14-19H2,1-2H3,(H,28,33)(H,29,30,31). The second kappa shape index (κ2) is 11.1. The van der Waals surface area contributed by atoms with Crippen molar-refractivity contribution in [2.45, 2.75) is 51.0 Å². The Balaban J connectivity index is 1.20. The molecule has 1 aliphatic rings. The second-order valence-electron chi connectivity index (χ2n) is 9.29. The number of aryl methyl sites for hydroxylation is 1. The number of hydrogen-bond donors (Lipinski definition) is 2. The van der Waals surface area contributed by atoms with Crippen LogP contribution in [0.25, 0.3) is 10.9 Å². The smallest absolute Gasteiger partial charge is 0.225 e. The Morgan fingerprint density at radius 2 is 1.70 bits per heavy atom. The molecule has 1 aromatic heterocycles. The van der Waals surface area contributed by atoms with Gasteiger partial charge in [-0.1, -0.05) is 42.5 Å². The Hall–Kier alpha value is -3.15. The maximum atomic E-state index is 12.2. The van der Waals surface area contributed by atoms with Gasteiger partial charge in [0.2, 0.25) is 11.9 Å². The second-order valence-corrected chi connectivity index (χ2v) is 9.29. The predicted octanol–water partition coefficient (Wildman–Crippen LogP) is 4.81. The van der Waals surface area contributed by atoms with E-state index in [1.807, 2.05) is 55.4 Å². The molecule has 0 bridgehead atoms. The minimum atomic E-state index is 0.173. The quantitative estimate of drug-likeness (QED) is 0.495. The number of benzene rings is 2. The molecule has 0 atom stereocenters. The largest absolute Gasteiger partial charge is 0.362 e. The van der Waals surface area contributed by atoms with Crippen LogP contribution in [0.1, 0.15) is 44.1 Å². The first kappa shape index (κ1) is 23.0. The topological polar surface area (TPSA) is 70.2 Å². The summed E-state index contributed by atoms with van der Waals surface area (Å²) in [6.07, 6.45) is 6.81. The summed E-state index contributed by atoms with van der Waals surface area (Å²) in [4.78, 5) is 23.8. The number of amides is 1. The normalized spacial score (nSPS) is 18.1. The molecule has 6 nitrogen and oxygen atoms in total. The maximum Gasteiger partial charge on any atom is 0.225 e. The molecule has 1 aliphatic carbocycles. The first-order chi connectivity index (χ1) is 16.1. The zero-order chi connectivity index (χ0) is 23.0. The highest BCUT2D eigenvalue weighted by atomic mass is 16.1. The van der Waals surface area contributed by atoms with Crippen molar-refractivity contribution in [3.05, 3.63) is 60.2 Å². The molecule has 6 heteroatoms. The summed E-state index contributed by atoms with van der Waals surface area (Å²) in [5.41, 5.74) is 2.26. The SMILES string of the molecule is CN(C)c1nc(NC2CCC(CNC(=O)CCCc3ccccc3)CC2)nc2ccccc12. The summed E-state index contributed by atoms with van der Waals surface area (Å²) in [5.74, 6) is 2.36. The van der Waals surface area contributed by atoms with E-state index in [-0.39, 0.29) is 5.91 Å². The van der Waals surface area contributed by atoms with E-state index in [9.17, 15) is 4.79 Å². The maximum absolute atomic E-state index is 12.2. The number of aromatic nitrogens is 2. The molecule has 0 aliphatic heterocycles. The zero-order valence-electron chi connectivity index (χ0n) is 19.8. The van der Waals surface area contributed by atoms with E-state index in [2.05, 4.69) is 28.8 Å². The van der Waals surface area contributed by atoms with E-state index in [4.69, 9.17) is 9.97 Å². The van der Waals surface area contributed by atoms with Crippen molar-refractivity contribution < 1.29 is 4.79 Å². The van der Waals surface area contributed by atoms with Gasteiger partial charge in [0.15, 0.2) is 0 Å². The van der Waals surface area contributed by atoms with Gasteiger partial charge >= 0.3 is 0 Å². The van der Waals surface area contributed by atoms with Crippen LogP contribution >= 0.6 is 0 Å². The lowest BCUT2D eigenvalue weighted by Gasteiger charge is -2.29. The average molecular weight is 446 g/mol. The fourth-order valence-corrected chi connectivity index (χ4v) is 4.60. The van der Waals surface area contributed by atoms with Crippen molar-refractivity contribution >= 4 is 28.6 Å². The third-order valence-corrected chi connectivity index (χ3v) is 6.49. The van der Waals surface area contributed by atoms with Gasteiger partial charge in [0.1, 0.15) is 5.82 Å². The highest BCUT2D eigenvalue weighted by molar-refractivity contribution is 5.90. The highest BCUT2D eigenvalue weighted by Crippen LogP contribution is 2.28. The number of para-hydroxylation sites is 1. The number of anilines is 2. The summed E-state index contributed by atoms with van der Waals surface area (Å²) < 4.78 is 0. The Kier molecular flexibility index (Phi) is 7.76. The van der Waals surface area contributed by atoms with Crippen molar-refractivity contribution in [1.82, 2.24) is 15.3 Å². The Morgan fingerprint density at radius 3 is 2.45 bits per heavy atom. The lowest BCUT2D eigenvalue weighted by atomic mass is 9.86. The number of carbonyl (C=O) groups is 1. The number of nitrogens with zero attached hydrogens (tertiary/aromatic N) is 3. The number of hydrogen-bond acceptors (Lipinski definition) is 5. The molecule has 1 fully saturated rings. The number of carbonyl (C=O) groups excluding carboxylic acids is 1. The van der Waals surface area contributed by atoms with Crippen molar-refractivity contribution in [3.8, 4) is 0 Å². The van der Waals surface area contributed by atoms with Crippen molar-refractivity contribution in [3.63, 3.8) is 0 Å². The van der Waals surface area contributed by atoms with Crippen LogP contribution in [0.5, 0.6) is 0 Å². The van der Waals surface area contributed by atoms with Gasteiger partial charge < -0.3 is 15.5 Å². The monoisotopic (exact) mass is 445 g/mol. The van der Waals surface area contributed by atoms with E-state index < -0.39 is 0 Å². The lowest BCUT2D eigenvalue weighted by Crippen LogP contribution is -2.34. The predicted molar refractivity (Wildman–Crippen MR) is 136 cm³/mol. The molecular weight excluding hydrogens is 410 g/mol. The lowest BCUT2D eigenvalue weighted by molar-refractivity contribution is -0.121. The average Bonchev–Trinajstić information content (AvgIpc) is 2.84. The van der Waals surface area contributed by atoms with Crippen molar-refractivity contribution in [2.24, 2.45) is 5.92 Å². The van der Waals surface area contributed by atoms with Gasteiger partial charge in [-0.05, 0) is 62.1 Å². The molecular formula is C27H35N5O. The number of nitrogens with one attached hydrogen (secondary N) is 2. The minimum Gasteiger partial charge on any atom is -0.362 e. The molecule has 2 N–H and O–H groups in total. The van der Waals surface area contributed by atoms with E-state index in [0.717, 1.165) is 61.8 Å². The molecule has 0 radical (unpaired) electrons. The molecule has 1 heterocycles. The van der Waals surface area contributed by atoms with Crippen LogP contribution in [-0.2, 0) is 11.2 Å². The third kappa shape index (κ3) is 6.44. The van der Waals surface area contributed by atoms with Crippen LogP contribution in [0.4, 0.5) is 11.8 Å². The summed E-state index contributed by atoms with van der Waals surface area (Å²) in [7, 11) is 4.03. The first-order valence-corrected chi connectivity index (χ1v) is 12.1.